The molecule has 2 rings (SSSR count). The van der Waals surface area contributed by atoms with E-state index in [9.17, 15) is 5.26 Å². The fourth-order valence-corrected chi connectivity index (χ4v) is 3.35. The highest BCUT2D eigenvalue weighted by molar-refractivity contribution is 8.00. The van der Waals surface area contributed by atoms with Crippen molar-refractivity contribution in [1.82, 2.24) is 5.32 Å². The van der Waals surface area contributed by atoms with Gasteiger partial charge in [0.05, 0.1) is 6.07 Å². The number of benzene rings is 1. The van der Waals surface area contributed by atoms with Crippen molar-refractivity contribution in [3.63, 3.8) is 0 Å². The lowest BCUT2D eigenvalue weighted by Gasteiger charge is -2.25. The Morgan fingerprint density at radius 1 is 1.40 bits per heavy atom. The number of fused-ring (bicyclic) bond motifs is 1. The van der Waals surface area contributed by atoms with E-state index in [2.05, 4.69) is 18.3 Å². The van der Waals surface area contributed by atoms with Crippen molar-refractivity contribution in [3.8, 4) is 17.6 Å². The van der Waals surface area contributed by atoms with Crippen LogP contribution in [0.2, 0.25) is 0 Å². The zero-order chi connectivity index (χ0) is 14.6. The van der Waals surface area contributed by atoms with Crippen LogP contribution < -0.4 is 14.8 Å². The van der Waals surface area contributed by atoms with Gasteiger partial charge in [-0.05, 0) is 38.6 Å². The Labute approximate surface area is 124 Å². The van der Waals surface area contributed by atoms with Gasteiger partial charge in [-0.15, -0.1) is 11.8 Å². The number of nitriles is 1. The Bertz CT molecular complexity index is 515. The molecule has 0 radical (unpaired) electrons. The van der Waals surface area contributed by atoms with Crippen LogP contribution in [0.15, 0.2) is 23.1 Å². The molecule has 20 heavy (non-hydrogen) atoms. The molecule has 0 aliphatic carbocycles. The van der Waals surface area contributed by atoms with Gasteiger partial charge in [-0.3, -0.25) is 0 Å². The van der Waals surface area contributed by atoms with Crippen molar-refractivity contribution in [2.75, 3.05) is 20.3 Å². The zero-order valence-electron chi connectivity index (χ0n) is 12.1. The first-order valence-corrected chi connectivity index (χ1v) is 7.61. The summed E-state index contributed by atoms with van der Waals surface area (Å²) in [7, 11) is 1.82. The summed E-state index contributed by atoms with van der Waals surface area (Å²) in [4.78, 5) is 1.14. The maximum Gasteiger partial charge on any atom is 0.162 e. The summed E-state index contributed by atoms with van der Waals surface area (Å²) in [6.07, 6.45) is 0.777. The molecule has 108 valence electrons. The maximum atomic E-state index is 9.20. The van der Waals surface area contributed by atoms with E-state index in [4.69, 9.17) is 9.47 Å². The van der Waals surface area contributed by atoms with Crippen LogP contribution in [0.4, 0.5) is 0 Å². The third kappa shape index (κ3) is 3.59. The third-order valence-corrected chi connectivity index (χ3v) is 4.44. The molecule has 0 bridgehead atoms. The van der Waals surface area contributed by atoms with Crippen LogP contribution in [-0.2, 0) is 0 Å². The lowest BCUT2D eigenvalue weighted by atomic mass is 9.98. The molecule has 1 aliphatic rings. The van der Waals surface area contributed by atoms with Crippen LogP contribution in [0.1, 0.15) is 20.3 Å². The van der Waals surface area contributed by atoms with Gasteiger partial charge in [0.25, 0.3) is 0 Å². The van der Waals surface area contributed by atoms with Crippen molar-refractivity contribution in [2.45, 2.75) is 36.0 Å². The molecule has 1 aliphatic heterocycles. The maximum absolute atomic E-state index is 9.20. The van der Waals surface area contributed by atoms with Crippen molar-refractivity contribution in [3.05, 3.63) is 18.2 Å². The second kappa shape index (κ2) is 6.38. The minimum atomic E-state index is -0.486. The van der Waals surface area contributed by atoms with E-state index in [-0.39, 0.29) is 0 Å². The molecule has 4 nitrogen and oxygen atoms in total. The van der Waals surface area contributed by atoms with Gasteiger partial charge in [-0.2, -0.15) is 5.26 Å². The number of hydrogen-bond donors (Lipinski definition) is 1. The smallest absolute Gasteiger partial charge is 0.162 e. The van der Waals surface area contributed by atoms with Gasteiger partial charge < -0.3 is 14.8 Å². The molecule has 0 aromatic heterocycles. The van der Waals surface area contributed by atoms with E-state index in [1.54, 1.807) is 11.8 Å². The number of ether oxygens (including phenoxy) is 2. The molecular weight excluding hydrogens is 272 g/mol. The predicted octanol–water partition coefficient (Wildman–Crippen LogP) is 2.83. The van der Waals surface area contributed by atoms with E-state index in [1.165, 1.54) is 0 Å². The second-order valence-electron chi connectivity index (χ2n) is 5.13. The number of nitrogens with one attached hydrogen (secondary N) is 1. The molecule has 1 heterocycles. The number of nitrogens with zero attached hydrogens (tertiary/aromatic N) is 1. The van der Waals surface area contributed by atoms with Crippen molar-refractivity contribution >= 4 is 11.8 Å². The largest absolute Gasteiger partial charge is 0.486 e. The van der Waals surface area contributed by atoms with Gasteiger partial charge in [0.1, 0.15) is 18.8 Å². The lowest BCUT2D eigenvalue weighted by molar-refractivity contribution is 0.171. The standard InChI is InChI=1S/C15H20N2O2S/c1-11(9-15(2,10-16)17-3)20-12-4-5-13-14(8-12)19-7-6-18-13/h4-5,8,11,17H,6-7,9H2,1-3H3. The molecule has 2 unspecified atom stereocenters. The monoisotopic (exact) mass is 292 g/mol. The number of rotatable bonds is 5. The highest BCUT2D eigenvalue weighted by Crippen LogP contribution is 2.36. The Balaban J connectivity index is 2.01. The van der Waals surface area contributed by atoms with Crippen LogP contribution in [0.5, 0.6) is 11.5 Å². The fourth-order valence-electron chi connectivity index (χ4n) is 2.15. The number of thioether (sulfide) groups is 1. The summed E-state index contributed by atoms with van der Waals surface area (Å²) in [6.45, 7) is 5.27. The van der Waals surface area contributed by atoms with Gasteiger partial charge in [-0.1, -0.05) is 6.92 Å². The van der Waals surface area contributed by atoms with Crippen LogP contribution in [-0.4, -0.2) is 31.1 Å². The van der Waals surface area contributed by atoms with E-state index >= 15 is 0 Å². The highest BCUT2D eigenvalue weighted by atomic mass is 32.2. The second-order valence-corrected chi connectivity index (χ2v) is 6.64. The molecular formula is C15H20N2O2S. The van der Waals surface area contributed by atoms with Gasteiger partial charge in [0, 0.05) is 10.1 Å². The molecule has 0 spiro atoms. The van der Waals surface area contributed by atoms with Gasteiger partial charge in [0.15, 0.2) is 11.5 Å². The molecule has 0 saturated heterocycles. The molecule has 0 fully saturated rings. The topological polar surface area (TPSA) is 54.3 Å². The van der Waals surface area contributed by atoms with Crippen molar-refractivity contribution in [2.24, 2.45) is 0 Å². The normalized spacial score (nSPS) is 17.9. The van der Waals surface area contributed by atoms with Crippen LogP contribution in [0, 0.1) is 11.3 Å². The Hall–Kier alpha value is -1.38. The summed E-state index contributed by atoms with van der Waals surface area (Å²) in [6, 6.07) is 8.33. The van der Waals surface area contributed by atoms with Gasteiger partial charge >= 0.3 is 0 Å². The highest BCUT2D eigenvalue weighted by Gasteiger charge is 2.25. The summed E-state index contributed by atoms with van der Waals surface area (Å²) in [5, 5.41) is 12.6. The Kier molecular flexibility index (Phi) is 4.79. The average molecular weight is 292 g/mol. The molecule has 1 N–H and O–H groups in total. The first-order valence-electron chi connectivity index (χ1n) is 6.73. The SMILES string of the molecule is CNC(C)(C#N)CC(C)Sc1ccc2c(c1)OCCO2. The van der Waals surface area contributed by atoms with Crippen LogP contribution in [0.3, 0.4) is 0 Å². The molecule has 0 saturated carbocycles. The lowest BCUT2D eigenvalue weighted by Crippen LogP contribution is -2.40. The molecule has 1 aromatic carbocycles. The Morgan fingerprint density at radius 2 is 2.10 bits per heavy atom. The molecule has 0 amide bonds. The Morgan fingerprint density at radius 3 is 2.75 bits per heavy atom. The van der Waals surface area contributed by atoms with E-state index < -0.39 is 5.54 Å². The minimum Gasteiger partial charge on any atom is -0.486 e. The number of hydrogen-bond acceptors (Lipinski definition) is 5. The van der Waals surface area contributed by atoms with E-state index in [0.29, 0.717) is 18.5 Å². The summed E-state index contributed by atoms with van der Waals surface area (Å²) < 4.78 is 11.1. The van der Waals surface area contributed by atoms with Crippen LogP contribution in [0.25, 0.3) is 0 Å². The minimum absolute atomic E-state index is 0.328. The third-order valence-electron chi connectivity index (χ3n) is 3.35. The quantitative estimate of drug-likeness (QED) is 0.846. The summed E-state index contributed by atoms with van der Waals surface area (Å²) in [5.74, 6) is 1.62. The first kappa shape index (κ1) is 15.0. The van der Waals surface area contributed by atoms with E-state index in [1.807, 2.05) is 32.2 Å². The van der Waals surface area contributed by atoms with Crippen LogP contribution >= 0.6 is 11.8 Å². The molecule has 5 heteroatoms. The van der Waals surface area contributed by atoms with Gasteiger partial charge in [-0.25, -0.2) is 0 Å². The van der Waals surface area contributed by atoms with Crippen molar-refractivity contribution < 1.29 is 9.47 Å². The first-order chi connectivity index (χ1) is 9.56. The van der Waals surface area contributed by atoms with Crippen molar-refractivity contribution in [1.29, 1.82) is 5.26 Å². The van der Waals surface area contributed by atoms with Gasteiger partial charge in [0.2, 0.25) is 0 Å². The summed E-state index contributed by atoms with van der Waals surface area (Å²) >= 11 is 1.75. The zero-order valence-corrected chi connectivity index (χ0v) is 12.9. The molecule has 1 aromatic rings. The molecule has 2 atom stereocenters. The van der Waals surface area contributed by atoms with E-state index in [0.717, 1.165) is 22.8 Å². The average Bonchev–Trinajstić information content (AvgIpc) is 2.47. The predicted molar refractivity (Wildman–Crippen MR) is 80.4 cm³/mol. The fraction of sp³-hybridized carbons (Fsp3) is 0.533. The summed E-state index contributed by atoms with van der Waals surface area (Å²) in [5.41, 5.74) is -0.486.